The van der Waals surface area contributed by atoms with Crippen LogP contribution in [0.1, 0.15) is 38.4 Å². The summed E-state index contributed by atoms with van der Waals surface area (Å²) in [6, 6.07) is 0.657. The second-order valence-corrected chi connectivity index (χ2v) is 5.09. The first-order valence-electron chi connectivity index (χ1n) is 6.44. The van der Waals surface area contributed by atoms with Gasteiger partial charge in [0, 0.05) is 12.5 Å². The van der Waals surface area contributed by atoms with Gasteiger partial charge >= 0.3 is 0 Å². The van der Waals surface area contributed by atoms with Crippen LogP contribution < -0.4 is 5.73 Å². The second kappa shape index (κ2) is 5.60. The molecule has 17 heavy (non-hydrogen) atoms. The molecule has 2 N–H and O–H groups in total. The van der Waals surface area contributed by atoms with Crippen LogP contribution in [0.4, 0.5) is 0 Å². The Hall–Kier alpha value is -0.940. The first-order valence-corrected chi connectivity index (χ1v) is 6.44. The lowest BCUT2D eigenvalue weighted by atomic mass is 9.93. The predicted octanol–water partition coefficient (Wildman–Crippen LogP) is 1.19. The summed E-state index contributed by atoms with van der Waals surface area (Å²) in [5, 5.41) is 3.96. The van der Waals surface area contributed by atoms with E-state index in [-0.39, 0.29) is 0 Å². The summed E-state index contributed by atoms with van der Waals surface area (Å²) in [7, 11) is 0. The van der Waals surface area contributed by atoms with Crippen molar-refractivity contribution in [3.63, 3.8) is 0 Å². The van der Waals surface area contributed by atoms with Crippen molar-refractivity contribution in [2.45, 2.75) is 45.7 Å². The summed E-state index contributed by atoms with van der Waals surface area (Å²) in [5.74, 6) is 2.04. The van der Waals surface area contributed by atoms with Crippen molar-refractivity contribution in [2.75, 3.05) is 13.1 Å². The van der Waals surface area contributed by atoms with Gasteiger partial charge in [-0.1, -0.05) is 5.16 Å². The molecule has 0 aliphatic carbocycles. The molecule has 5 heteroatoms. The van der Waals surface area contributed by atoms with Crippen molar-refractivity contribution in [1.82, 2.24) is 15.0 Å². The van der Waals surface area contributed by atoms with E-state index in [0.717, 1.165) is 12.2 Å². The summed E-state index contributed by atoms with van der Waals surface area (Å²) in [6.07, 6.45) is 3.38. The van der Waals surface area contributed by atoms with Crippen LogP contribution in [0.5, 0.6) is 0 Å². The predicted molar refractivity (Wildman–Crippen MR) is 65.3 cm³/mol. The molecule has 1 fully saturated rings. The molecule has 0 atom stereocenters. The molecule has 1 aromatic rings. The molecule has 0 unspecified atom stereocenters. The fraction of sp³-hybridized carbons (Fsp3) is 0.833. The number of nitrogens with two attached hydrogens (primary N) is 1. The molecule has 0 aromatic carbocycles. The molecule has 1 aromatic heterocycles. The standard InChI is InChI=1S/C12H22N4O/c1-9(2)16-5-3-10(4-6-16)7-11-14-12(8-13)17-15-11/h9-10H,3-8,13H2,1-2H3. The number of likely N-dealkylation sites (tertiary alicyclic amines) is 1. The van der Waals surface area contributed by atoms with E-state index in [1.165, 1.54) is 25.9 Å². The van der Waals surface area contributed by atoms with E-state index in [2.05, 4.69) is 28.9 Å². The fourth-order valence-corrected chi connectivity index (χ4v) is 2.39. The maximum atomic E-state index is 5.44. The molecule has 1 aliphatic heterocycles. The largest absolute Gasteiger partial charge is 0.338 e. The quantitative estimate of drug-likeness (QED) is 0.853. The van der Waals surface area contributed by atoms with Gasteiger partial charge in [-0.15, -0.1) is 0 Å². The van der Waals surface area contributed by atoms with E-state index in [0.29, 0.717) is 24.4 Å². The third-order valence-electron chi connectivity index (χ3n) is 3.54. The molecule has 0 saturated carbocycles. The van der Waals surface area contributed by atoms with Gasteiger partial charge in [0.05, 0.1) is 6.54 Å². The van der Waals surface area contributed by atoms with E-state index in [9.17, 15) is 0 Å². The Morgan fingerprint density at radius 2 is 2.12 bits per heavy atom. The van der Waals surface area contributed by atoms with E-state index in [1.807, 2.05) is 0 Å². The highest BCUT2D eigenvalue weighted by Gasteiger charge is 2.22. The number of aromatic nitrogens is 2. The van der Waals surface area contributed by atoms with Crippen LogP contribution in [0.15, 0.2) is 4.52 Å². The number of hydrogen-bond donors (Lipinski definition) is 1. The molecule has 0 spiro atoms. The lowest BCUT2D eigenvalue weighted by Gasteiger charge is -2.34. The van der Waals surface area contributed by atoms with Crippen molar-refractivity contribution < 1.29 is 4.52 Å². The molecular weight excluding hydrogens is 216 g/mol. The van der Waals surface area contributed by atoms with Crippen LogP contribution in [0, 0.1) is 5.92 Å². The minimum absolute atomic E-state index is 0.332. The molecule has 0 radical (unpaired) electrons. The number of nitrogens with zero attached hydrogens (tertiary/aromatic N) is 3. The van der Waals surface area contributed by atoms with Gasteiger partial charge in [0.2, 0.25) is 5.89 Å². The molecule has 2 heterocycles. The van der Waals surface area contributed by atoms with E-state index in [4.69, 9.17) is 10.3 Å². The summed E-state index contributed by atoms with van der Waals surface area (Å²) < 4.78 is 5.02. The van der Waals surface area contributed by atoms with E-state index >= 15 is 0 Å². The summed E-state index contributed by atoms with van der Waals surface area (Å²) in [4.78, 5) is 6.79. The monoisotopic (exact) mass is 238 g/mol. The van der Waals surface area contributed by atoms with Crippen LogP contribution >= 0.6 is 0 Å². The van der Waals surface area contributed by atoms with Crippen LogP contribution in [-0.2, 0) is 13.0 Å². The van der Waals surface area contributed by atoms with Gasteiger partial charge < -0.3 is 15.2 Å². The molecule has 96 valence electrons. The highest BCUT2D eigenvalue weighted by Crippen LogP contribution is 2.21. The minimum atomic E-state index is 0.332. The Labute approximate surface area is 102 Å². The second-order valence-electron chi connectivity index (χ2n) is 5.09. The van der Waals surface area contributed by atoms with Gasteiger partial charge in [-0.2, -0.15) is 4.98 Å². The first kappa shape index (κ1) is 12.5. The zero-order chi connectivity index (χ0) is 12.3. The topological polar surface area (TPSA) is 68.2 Å². The molecule has 1 saturated heterocycles. The lowest BCUT2D eigenvalue weighted by Crippen LogP contribution is -2.38. The molecule has 1 aliphatic rings. The van der Waals surface area contributed by atoms with Crippen molar-refractivity contribution in [3.8, 4) is 0 Å². The Bertz CT molecular complexity index is 342. The normalized spacial score (nSPS) is 19.1. The first-order chi connectivity index (χ1) is 8.19. The number of hydrogen-bond acceptors (Lipinski definition) is 5. The zero-order valence-electron chi connectivity index (χ0n) is 10.7. The van der Waals surface area contributed by atoms with Gasteiger partial charge in [-0.25, -0.2) is 0 Å². The van der Waals surface area contributed by atoms with Crippen LogP contribution in [0.3, 0.4) is 0 Å². The van der Waals surface area contributed by atoms with Crippen LogP contribution in [0.25, 0.3) is 0 Å². The van der Waals surface area contributed by atoms with Crippen molar-refractivity contribution in [2.24, 2.45) is 11.7 Å². The lowest BCUT2D eigenvalue weighted by molar-refractivity contribution is 0.148. The molecule has 0 bridgehead atoms. The van der Waals surface area contributed by atoms with Crippen LogP contribution in [-0.4, -0.2) is 34.2 Å². The maximum Gasteiger partial charge on any atom is 0.240 e. The Kier molecular flexibility index (Phi) is 4.12. The molecular formula is C12H22N4O. The highest BCUT2D eigenvalue weighted by atomic mass is 16.5. The molecule has 5 nitrogen and oxygen atoms in total. The third-order valence-corrected chi connectivity index (χ3v) is 3.54. The van der Waals surface area contributed by atoms with Crippen molar-refractivity contribution >= 4 is 0 Å². The van der Waals surface area contributed by atoms with E-state index in [1.54, 1.807) is 0 Å². The van der Waals surface area contributed by atoms with Crippen LogP contribution in [0.2, 0.25) is 0 Å². The Morgan fingerprint density at radius 3 is 2.65 bits per heavy atom. The highest BCUT2D eigenvalue weighted by molar-refractivity contribution is 4.89. The molecule has 0 amide bonds. The number of piperidine rings is 1. The van der Waals surface area contributed by atoms with Gasteiger partial charge in [-0.05, 0) is 45.7 Å². The van der Waals surface area contributed by atoms with Gasteiger partial charge in [0.25, 0.3) is 0 Å². The summed E-state index contributed by atoms with van der Waals surface area (Å²) in [6.45, 7) is 7.22. The SMILES string of the molecule is CC(C)N1CCC(Cc2noc(CN)n2)CC1. The fourth-order valence-electron chi connectivity index (χ4n) is 2.39. The Balaban J connectivity index is 1.81. The summed E-state index contributed by atoms with van der Waals surface area (Å²) >= 11 is 0. The zero-order valence-corrected chi connectivity index (χ0v) is 10.7. The summed E-state index contributed by atoms with van der Waals surface area (Å²) in [5.41, 5.74) is 5.44. The maximum absolute atomic E-state index is 5.44. The van der Waals surface area contributed by atoms with Crippen molar-refractivity contribution in [3.05, 3.63) is 11.7 Å². The Morgan fingerprint density at radius 1 is 1.41 bits per heavy atom. The smallest absolute Gasteiger partial charge is 0.240 e. The van der Waals surface area contributed by atoms with Crippen molar-refractivity contribution in [1.29, 1.82) is 0 Å². The average Bonchev–Trinajstić information content (AvgIpc) is 2.77. The minimum Gasteiger partial charge on any atom is -0.338 e. The van der Waals surface area contributed by atoms with Gasteiger partial charge in [-0.3, -0.25) is 0 Å². The van der Waals surface area contributed by atoms with E-state index < -0.39 is 0 Å². The van der Waals surface area contributed by atoms with Gasteiger partial charge in [0.15, 0.2) is 5.82 Å². The van der Waals surface area contributed by atoms with Gasteiger partial charge in [0.1, 0.15) is 0 Å². The number of rotatable bonds is 4. The molecule has 2 rings (SSSR count). The third kappa shape index (κ3) is 3.26. The average molecular weight is 238 g/mol.